The Morgan fingerprint density at radius 2 is 1.44 bits per heavy atom. The van der Waals surface area contributed by atoms with E-state index in [4.69, 9.17) is 23.6 Å². The van der Waals surface area contributed by atoms with Crippen LogP contribution in [-0.4, -0.2) is 16.7 Å². The Morgan fingerprint density at radius 1 is 0.659 bits per heavy atom. The molecule has 4 heterocycles. The van der Waals surface area contributed by atoms with Crippen molar-refractivity contribution in [2.75, 3.05) is 0 Å². The monoisotopic (exact) mass is 530 g/mol. The van der Waals surface area contributed by atoms with Gasteiger partial charge in [-0.25, -0.2) is 9.97 Å². The zero-order valence-corrected chi connectivity index (χ0v) is 21.6. The zero-order chi connectivity index (χ0) is 26.9. The van der Waals surface area contributed by atoms with Gasteiger partial charge in [-0.15, -0.1) is 0 Å². The van der Waals surface area contributed by atoms with Gasteiger partial charge in [0, 0.05) is 22.6 Å². The van der Waals surface area contributed by atoms with Crippen molar-refractivity contribution >= 4 is 45.0 Å². The van der Waals surface area contributed by atoms with Crippen LogP contribution < -0.4 is 30.6 Å². The fourth-order valence-electron chi connectivity index (χ4n) is 5.89. The molecule has 0 aliphatic carbocycles. The van der Waals surface area contributed by atoms with Crippen molar-refractivity contribution in [3.63, 3.8) is 0 Å². The number of aromatic nitrogens is 2. The molecule has 6 nitrogen and oxygen atoms in total. The molecule has 7 aromatic rings. The number of para-hydroxylation sites is 2. The van der Waals surface area contributed by atoms with Gasteiger partial charge >= 0.3 is 0 Å². The van der Waals surface area contributed by atoms with E-state index < -0.39 is 0 Å². The maximum absolute atomic E-state index is 6.39. The second-order valence-electron chi connectivity index (χ2n) is 10.2. The van der Waals surface area contributed by atoms with Crippen molar-refractivity contribution in [2.24, 2.45) is 0 Å². The molecule has 0 saturated carbocycles. The van der Waals surface area contributed by atoms with E-state index in [2.05, 4.69) is 17.1 Å². The van der Waals surface area contributed by atoms with Gasteiger partial charge in [-0.05, 0) is 83.0 Å². The van der Waals surface area contributed by atoms with Gasteiger partial charge in [0.2, 0.25) is 11.8 Å². The first-order chi connectivity index (χ1) is 20.3. The molecule has 0 radical (unpaired) electrons. The predicted molar refractivity (Wildman–Crippen MR) is 159 cm³/mol. The molecule has 0 unspecified atom stereocenters. The lowest BCUT2D eigenvalue weighted by Gasteiger charge is -2.33. The van der Waals surface area contributed by atoms with Crippen LogP contribution in [0.5, 0.6) is 34.6 Å². The van der Waals surface area contributed by atoms with Crippen LogP contribution in [0, 0.1) is 0 Å². The summed E-state index contributed by atoms with van der Waals surface area (Å²) in [6.45, 7) is -0.137. The molecule has 2 aliphatic rings. The van der Waals surface area contributed by atoms with Gasteiger partial charge in [0.15, 0.2) is 5.58 Å². The molecule has 9 rings (SSSR count). The Labute approximate surface area is 234 Å². The molecule has 0 amide bonds. The highest BCUT2D eigenvalue weighted by molar-refractivity contribution is 6.98. The summed E-state index contributed by atoms with van der Waals surface area (Å²) in [7, 11) is 0. The van der Waals surface area contributed by atoms with E-state index in [0.29, 0.717) is 17.5 Å². The molecule has 0 atom stereocenters. The normalized spacial score (nSPS) is 12.7. The molecular formula is C34H19BN2O4. The van der Waals surface area contributed by atoms with Crippen molar-refractivity contribution in [1.82, 2.24) is 9.97 Å². The number of nitrogens with zero attached hydrogens (tertiary/aromatic N) is 2. The van der Waals surface area contributed by atoms with Gasteiger partial charge in [-0.1, -0.05) is 42.5 Å². The number of hydrogen-bond acceptors (Lipinski definition) is 6. The van der Waals surface area contributed by atoms with E-state index in [1.807, 2.05) is 97.1 Å². The second-order valence-corrected chi connectivity index (χ2v) is 10.2. The molecule has 41 heavy (non-hydrogen) atoms. The number of ether oxygens (including phenoxy) is 3. The average Bonchev–Trinajstić information content (AvgIpc) is 3.46. The summed E-state index contributed by atoms with van der Waals surface area (Å²) in [5.74, 6) is 4.93. The number of pyridine rings is 1. The van der Waals surface area contributed by atoms with Crippen LogP contribution in [0.2, 0.25) is 0 Å². The Kier molecular flexibility index (Phi) is 4.60. The molecular weight excluding hydrogens is 511 g/mol. The Morgan fingerprint density at radius 3 is 2.32 bits per heavy atom. The third kappa shape index (κ3) is 3.45. The maximum Gasteiger partial charge on any atom is 0.260 e. The van der Waals surface area contributed by atoms with Crippen LogP contribution >= 0.6 is 0 Å². The van der Waals surface area contributed by atoms with Crippen LogP contribution in [-0.2, 0) is 0 Å². The predicted octanol–water partition coefficient (Wildman–Crippen LogP) is 6.56. The topological polar surface area (TPSA) is 66.6 Å². The Balaban J connectivity index is 1.19. The Hall–Kier alpha value is -5.56. The van der Waals surface area contributed by atoms with Gasteiger partial charge in [-0.3, -0.25) is 0 Å². The van der Waals surface area contributed by atoms with Gasteiger partial charge in [0.1, 0.15) is 34.3 Å². The number of rotatable bonds is 3. The number of benzene rings is 5. The molecule has 0 bridgehead atoms. The van der Waals surface area contributed by atoms with E-state index in [0.717, 1.165) is 66.8 Å². The number of hydrogen-bond donors (Lipinski definition) is 0. The molecule has 0 saturated heterocycles. The van der Waals surface area contributed by atoms with E-state index in [-0.39, 0.29) is 6.71 Å². The van der Waals surface area contributed by atoms with Crippen molar-refractivity contribution in [2.45, 2.75) is 0 Å². The van der Waals surface area contributed by atoms with Crippen molar-refractivity contribution in [3.8, 4) is 46.1 Å². The summed E-state index contributed by atoms with van der Waals surface area (Å²) >= 11 is 0. The van der Waals surface area contributed by atoms with Crippen LogP contribution in [0.15, 0.2) is 120 Å². The summed E-state index contributed by atoms with van der Waals surface area (Å²) in [5, 5.41) is 2.03. The smallest absolute Gasteiger partial charge is 0.260 e. The van der Waals surface area contributed by atoms with Gasteiger partial charge in [-0.2, -0.15) is 0 Å². The number of oxazole rings is 1. The van der Waals surface area contributed by atoms with Crippen molar-refractivity contribution in [1.29, 1.82) is 0 Å². The largest absolute Gasteiger partial charge is 0.458 e. The van der Waals surface area contributed by atoms with Crippen LogP contribution in [0.3, 0.4) is 0 Å². The first-order valence-corrected chi connectivity index (χ1v) is 13.4. The third-order valence-electron chi connectivity index (χ3n) is 7.76. The molecule has 0 spiro atoms. The standard InChI is InChI=1S/C34H19BN2O4/c1-2-7-23-20(6-1)16-17-36-34(23)38-22-13-15-28-25(19-22)35-24-18-21(33-37-26-8-3-4-9-29(26)41-33)12-14-27(24)39-30-10-5-11-31(40-28)32(30)35/h1-19H. The minimum absolute atomic E-state index is 0.137. The maximum atomic E-state index is 6.39. The molecule has 7 heteroatoms. The van der Waals surface area contributed by atoms with E-state index in [1.54, 1.807) is 6.20 Å². The molecule has 5 aromatic carbocycles. The second kappa shape index (κ2) is 8.47. The van der Waals surface area contributed by atoms with Crippen LogP contribution in [0.1, 0.15) is 0 Å². The fraction of sp³-hybridized carbons (Fsp3) is 0. The van der Waals surface area contributed by atoms with Crippen LogP contribution in [0.4, 0.5) is 0 Å². The highest BCUT2D eigenvalue weighted by Gasteiger charge is 2.40. The first kappa shape index (κ1) is 22.3. The summed E-state index contributed by atoms with van der Waals surface area (Å²) in [6.07, 6.45) is 1.77. The lowest BCUT2D eigenvalue weighted by molar-refractivity contribution is 0.457. The summed E-state index contributed by atoms with van der Waals surface area (Å²) in [5.41, 5.74) is 5.44. The first-order valence-electron chi connectivity index (χ1n) is 13.4. The van der Waals surface area contributed by atoms with Crippen LogP contribution in [0.25, 0.3) is 33.3 Å². The third-order valence-corrected chi connectivity index (χ3v) is 7.76. The van der Waals surface area contributed by atoms with E-state index in [1.165, 1.54) is 0 Å². The van der Waals surface area contributed by atoms with Gasteiger partial charge < -0.3 is 18.6 Å². The zero-order valence-electron chi connectivity index (χ0n) is 21.6. The minimum atomic E-state index is -0.137. The quantitative estimate of drug-likeness (QED) is 0.241. The highest BCUT2D eigenvalue weighted by atomic mass is 16.5. The summed E-state index contributed by atoms with van der Waals surface area (Å²) < 4.78 is 25.3. The molecule has 0 N–H and O–H groups in total. The molecule has 2 aliphatic heterocycles. The number of fused-ring (bicyclic) bond motifs is 6. The molecule has 2 aromatic heterocycles. The summed E-state index contributed by atoms with van der Waals surface area (Å²) in [4.78, 5) is 9.25. The van der Waals surface area contributed by atoms with Crippen molar-refractivity contribution in [3.05, 3.63) is 115 Å². The highest BCUT2D eigenvalue weighted by Crippen LogP contribution is 2.37. The average molecular weight is 530 g/mol. The lowest BCUT2D eigenvalue weighted by atomic mass is 9.34. The van der Waals surface area contributed by atoms with Gasteiger partial charge in [0.05, 0.1) is 0 Å². The van der Waals surface area contributed by atoms with Gasteiger partial charge in [0.25, 0.3) is 6.71 Å². The lowest BCUT2D eigenvalue weighted by Crippen LogP contribution is -2.57. The summed E-state index contributed by atoms with van der Waals surface area (Å²) in [6, 6.07) is 35.8. The Bertz CT molecular complexity index is 2120. The fourth-order valence-corrected chi connectivity index (χ4v) is 5.89. The van der Waals surface area contributed by atoms with E-state index >= 15 is 0 Å². The minimum Gasteiger partial charge on any atom is -0.458 e. The van der Waals surface area contributed by atoms with Crippen molar-refractivity contribution < 1.29 is 18.6 Å². The van der Waals surface area contributed by atoms with E-state index in [9.17, 15) is 0 Å². The molecule has 192 valence electrons. The SMILES string of the molecule is c1cc2c3c(c1)Oc1ccc(-c4nc5ccccc5o4)cc1B3c1cc(Oc3nccc4ccccc34)ccc1O2. The molecule has 0 fully saturated rings.